The molecule has 20 heavy (non-hydrogen) atoms. The Bertz CT molecular complexity index is 503. The third kappa shape index (κ3) is 3.42. The van der Waals surface area contributed by atoms with Crippen molar-refractivity contribution in [3.05, 3.63) is 21.2 Å². The summed E-state index contributed by atoms with van der Waals surface area (Å²) < 4.78 is 1.93. The molecule has 0 aliphatic carbocycles. The Morgan fingerprint density at radius 3 is 2.60 bits per heavy atom. The summed E-state index contributed by atoms with van der Waals surface area (Å²) in [5.74, 6) is 1.20. The first-order valence-electron chi connectivity index (χ1n) is 6.30. The highest BCUT2D eigenvalue weighted by atomic mass is 79.9. The van der Waals surface area contributed by atoms with E-state index in [0.29, 0.717) is 0 Å². The summed E-state index contributed by atoms with van der Waals surface area (Å²) in [7, 11) is 0. The van der Waals surface area contributed by atoms with Crippen LogP contribution < -0.4 is 10.6 Å². The molecule has 0 amide bonds. The van der Waals surface area contributed by atoms with E-state index in [1.165, 1.54) is 0 Å². The highest BCUT2D eigenvalue weighted by molar-refractivity contribution is 9.11. The molecule has 1 fully saturated rings. The number of aromatic nitrogens is 1. The fourth-order valence-corrected chi connectivity index (χ4v) is 3.47. The SMILES string of the molecule is CC(C(N)=NO)N1CCN(c2ncc(Br)cc2Br)CC1. The largest absolute Gasteiger partial charge is 0.409 e. The third-order valence-electron chi connectivity index (χ3n) is 3.49. The van der Waals surface area contributed by atoms with Crippen molar-refractivity contribution in [1.29, 1.82) is 0 Å². The van der Waals surface area contributed by atoms with Gasteiger partial charge < -0.3 is 15.8 Å². The van der Waals surface area contributed by atoms with E-state index < -0.39 is 0 Å². The molecular formula is C12H17Br2N5O. The number of rotatable bonds is 3. The van der Waals surface area contributed by atoms with Gasteiger partial charge in [-0.15, -0.1) is 0 Å². The van der Waals surface area contributed by atoms with Gasteiger partial charge in [0.1, 0.15) is 5.82 Å². The van der Waals surface area contributed by atoms with Crippen LogP contribution in [0.4, 0.5) is 5.82 Å². The van der Waals surface area contributed by atoms with E-state index >= 15 is 0 Å². The number of halogens is 2. The van der Waals surface area contributed by atoms with E-state index in [-0.39, 0.29) is 11.9 Å². The zero-order valence-electron chi connectivity index (χ0n) is 11.1. The van der Waals surface area contributed by atoms with Crippen LogP contribution in [0.1, 0.15) is 6.92 Å². The second kappa shape index (κ2) is 6.73. The summed E-state index contributed by atoms with van der Waals surface area (Å²) in [4.78, 5) is 8.87. The zero-order valence-corrected chi connectivity index (χ0v) is 14.3. The molecule has 0 aromatic carbocycles. The van der Waals surface area contributed by atoms with Crippen LogP contribution in [0.15, 0.2) is 26.4 Å². The van der Waals surface area contributed by atoms with Crippen molar-refractivity contribution in [3.8, 4) is 0 Å². The maximum atomic E-state index is 8.73. The van der Waals surface area contributed by atoms with Gasteiger partial charge in [0.2, 0.25) is 0 Å². The van der Waals surface area contributed by atoms with Crippen LogP contribution in [-0.2, 0) is 0 Å². The summed E-state index contributed by atoms with van der Waals surface area (Å²) in [5, 5.41) is 11.8. The molecule has 1 aromatic rings. The summed E-state index contributed by atoms with van der Waals surface area (Å²) in [6, 6.07) is 1.94. The quantitative estimate of drug-likeness (QED) is 0.346. The average molecular weight is 407 g/mol. The number of amidine groups is 1. The summed E-state index contributed by atoms with van der Waals surface area (Å²) in [6.45, 7) is 5.36. The molecule has 8 heteroatoms. The minimum atomic E-state index is -0.0523. The maximum absolute atomic E-state index is 8.73. The minimum absolute atomic E-state index is 0.0523. The van der Waals surface area contributed by atoms with Gasteiger partial charge in [0.05, 0.1) is 10.5 Å². The second-order valence-corrected chi connectivity index (χ2v) is 6.45. The van der Waals surface area contributed by atoms with Crippen LogP contribution in [0.25, 0.3) is 0 Å². The zero-order chi connectivity index (χ0) is 14.7. The molecule has 0 saturated carbocycles. The van der Waals surface area contributed by atoms with Crippen molar-refractivity contribution in [2.75, 3.05) is 31.1 Å². The lowest BCUT2D eigenvalue weighted by Gasteiger charge is -2.38. The van der Waals surface area contributed by atoms with E-state index in [4.69, 9.17) is 10.9 Å². The molecule has 0 bridgehead atoms. The lowest BCUT2D eigenvalue weighted by molar-refractivity contribution is 0.229. The standard InChI is InChI=1S/C12H17Br2N5O/c1-8(11(15)17-20)18-2-4-19(5-3-18)12-10(14)6-9(13)7-16-12/h6-8,20H,2-5H2,1H3,(H2,15,17). The molecule has 0 spiro atoms. The smallest absolute Gasteiger partial charge is 0.156 e. The third-order valence-corrected chi connectivity index (χ3v) is 4.51. The molecule has 0 radical (unpaired) electrons. The first kappa shape index (κ1) is 15.5. The molecule has 2 rings (SSSR count). The normalized spacial score (nSPS) is 19.1. The van der Waals surface area contributed by atoms with Gasteiger partial charge in [-0.2, -0.15) is 0 Å². The van der Waals surface area contributed by atoms with Crippen LogP contribution in [-0.4, -0.2) is 53.1 Å². The van der Waals surface area contributed by atoms with Crippen molar-refractivity contribution < 1.29 is 5.21 Å². The number of anilines is 1. The minimum Gasteiger partial charge on any atom is -0.409 e. The van der Waals surface area contributed by atoms with Crippen LogP contribution in [0.3, 0.4) is 0 Å². The topological polar surface area (TPSA) is 78.0 Å². The van der Waals surface area contributed by atoms with Crippen LogP contribution in [0.2, 0.25) is 0 Å². The molecular weight excluding hydrogens is 390 g/mol. The maximum Gasteiger partial charge on any atom is 0.156 e. The summed E-state index contributed by atoms with van der Waals surface area (Å²) in [5.41, 5.74) is 5.65. The second-order valence-electron chi connectivity index (χ2n) is 4.68. The van der Waals surface area contributed by atoms with Gasteiger partial charge in [-0.1, -0.05) is 5.16 Å². The first-order valence-corrected chi connectivity index (χ1v) is 7.89. The number of pyridine rings is 1. The average Bonchev–Trinajstić information content (AvgIpc) is 2.46. The highest BCUT2D eigenvalue weighted by Gasteiger charge is 2.24. The fraction of sp³-hybridized carbons (Fsp3) is 0.500. The molecule has 1 unspecified atom stereocenters. The van der Waals surface area contributed by atoms with Crippen molar-refractivity contribution in [2.45, 2.75) is 13.0 Å². The van der Waals surface area contributed by atoms with Crippen molar-refractivity contribution >= 4 is 43.5 Å². The molecule has 1 aromatic heterocycles. The van der Waals surface area contributed by atoms with Gasteiger partial charge in [-0.05, 0) is 44.8 Å². The Morgan fingerprint density at radius 1 is 1.40 bits per heavy atom. The molecule has 3 N–H and O–H groups in total. The molecule has 1 atom stereocenters. The Hall–Kier alpha value is -0.860. The van der Waals surface area contributed by atoms with Crippen molar-refractivity contribution in [1.82, 2.24) is 9.88 Å². The molecule has 1 aliphatic heterocycles. The summed E-state index contributed by atoms with van der Waals surface area (Å²) >= 11 is 6.94. The van der Waals surface area contributed by atoms with E-state index in [9.17, 15) is 0 Å². The number of hydrogen-bond donors (Lipinski definition) is 2. The lowest BCUT2D eigenvalue weighted by Crippen LogP contribution is -2.53. The van der Waals surface area contributed by atoms with Crippen molar-refractivity contribution in [3.63, 3.8) is 0 Å². The number of nitrogens with two attached hydrogens (primary N) is 1. The van der Waals surface area contributed by atoms with Crippen LogP contribution in [0, 0.1) is 0 Å². The van der Waals surface area contributed by atoms with Gasteiger partial charge in [0.15, 0.2) is 5.84 Å². The molecule has 1 aliphatic rings. The van der Waals surface area contributed by atoms with Gasteiger partial charge in [-0.25, -0.2) is 4.98 Å². The molecule has 6 nitrogen and oxygen atoms in total. The lowest BCUT2D eigenvalue weighted by atomic mass is 10.2. The van der Waals surface area contributed by atoms with E-state index in [2.05, 4.69) is 51.8 Å². The van der Waals surface area contributed by atoms with Crippen LogP contribution in [0.5, 0.6) is 0 Å². The van der Waals surface area contributed by atoms with E-state index in [0.717, 1.165) is 40.9 Å². The van der Waals surface area contributed by atoms with Gasteiger partial charge in [-0.3, -0.25) is 4.90 Å². The fourth-order valence-electron chi connectivity index (χ4n) is 2.23. The van der Waals surface area contributed by atoms with Crippen molar-refractivity contribution in [2.24, 2.45) is 10.9 Å². The predicted octanol–water partition coefficient (Wildman–Crippen LogP) is 1.86. The van der Waals surface area contributed by atoms with Crippen LogP contribution >= 0.6 is 31.9 Å². The number of piperazine rings is 1. The Morgan fingerprint density at radius 2 is 2.05 bits per heavy atom. The van der Waals surface area contributed by atoms with E-state index in [1.54, 1.807) is 6.20 Å². The number of nitrogens with zero attached hydrogens (tertiary/aromatic N) is 4. The highest BCUT2D eigenvalue weighted by Crippen LogP contribution is 2.27. The first-order chi connectivity index (χ1) is 9.52. The summed E-state index contributed by atoms with van der Waals surface area (Å²) in [6.07, 6.45) is 1.80. The van der Waals surface area contributed by atoms with Gasteiger partial charge in [0.25, 0.3) is 0 Å². The number of oxime groups is 1. The predicted molar refractivity (Wildman–Crippen MR) is 86.3 cm³/mol. The molecule has 110 valence electrons. The van der Waals surface area contributed by atoms with Gasteiger partial charge >= 0.3 is 0 Å². The van der Waals surface area contributed by atoms with E-state index in [1.807, 2.05) is 13.0 Å². The monoisotopic (exact) mass is 405 g/mol. The molecule has 2 heterocycles. The number of hydrogen-bond acceptors (Lipinski definition) is 5. The Kier molecular flexibility index (Phi) is 5.22. The Labute approximate surface area is 134 Å². The Balaban J connectivity index is 2.01. The molecule has 1 saturated heterocycles. The van der Waals surface area contributed by atoms with Gasteiger partial charge in [0, 0.05) is 36.8 Å².